The fraction of sp³-hybridized carbons (Fsp3) is 0.300. The minimum atomic E-state index is -0.613. The van der Waals surface area contributed by atoms with Gasteiger partial charge in [0.15, 0.2) is 0 Å². The van der Waals surface area contributed by atoms with Crippen LogP contribution in [-0.4, -0.2) is 32.1 Å². The summed E-state index contributed by atoms with van der Waals surface area (Å²) >= 11 is 0. The number of hydrogen-bond acceptors (Lipinski definition) is 5. The van der Waals surface area contributed by atoms with Crippen LogP contribution in [0.3, 0.4) is 0 Å². The molecule has 0 unspecified atom stereocenters. The van der Waals surface area contributed by atoms with Crippen molar-refractivity contribution in [3.63, 3.8) is 0 Å². The van der Waals surface area contributed by atoms with Crippen LogP contribution in [0.1, 0.15) is 30.0 Å². The molecule has 1 atom stereocenters. The van der Waals surface area contributed by atoms with Crippen LogP contribution in [0.5, 0.6) is 0 Å². The van der Waals surface area contributed by atoms with Crippen molar-refractivity contribution in [1.29, 1.82) is 0 Å². The van der Waals surface area contributed by atoms with Gasteiger partial charge in [-0.15, -0.1) is 0 Å². The van der Waals surface area contributed by atoms with E-state index in [0.717, 1.165) is 16.5 Å². The van der Waals surface area contributed by atoms with Gasteiger partial charge in [-0.05, 0) is 36.5 Å². The number of pyridine rings is 1. The van der Waals surface area contributed by atoms with E-state index in [9.17, 15) is 19.5 Å². The zero-order valence-electron chi connectivity index (χ0n) is 15.0. The highest BCUT2D eigenvalue weighted by atomic mass is 16.3. The van der Waals surface area contributed by atoms with Gasteiger partial charge in [-0.2, -0.15) is 0 Å². The third kappa shape index (κ3) is 3.72. The van der Waals surface area contributed by atoms with Gasteiger partial charge < -0.3 is 15.4 Å². The van der Waals surface area contributed by atoms with Gasteiger partial charge in [0.2, 0.25) is 5.91 Å². The Balaban J connectivity index is 1.58. The van der Waals surface area contributed by atoms with E-state index >= 15 is 0 Å². The van der Waals surface area contributed by atoms with Gasteiger partial charge in [-0.1, -0.05) is 18.2 Å². The first-order valence-electron chi connectivity index (χ1n) is 9.12. The summed E-state index contributed by atoms with van der Waals surface area (Å²) in [4.78, 5) is 44.5. The molecule has 3 aromatic rings. The van der Waals surface area contributed by atoms with Gasteiger partial charge in [0.1, 0.15) is 0 Å². The molecule has 28 heavy (non-hydrogen) atoms. The molecule has 4 N–H and O–H groups in total. The van der Waals surface area contributed by atoms with Crippen LogP contribution >= 0.6 is 0 Å². The van der Waals surface area contributed by atoms with E-state index in [1.54, 1.807) is 6.20 Å². The van der Waals surface area contributed by atoms with Crippen LogP contribution in [-0.2, 0) is 11.2 Å². The number of fused-ring (bicyclic) bond motifs is 1. The molecule has 8 nitrogen and oxygen atoms in total. The van der Waals surface area contributed by atoms with Gasteiger partial charge in [0.25, 0.3) is 5.56 Å². The molecule has 0 bridgehead atoms. The number of carbonyl (C=O) groups is 1. The van der Waals surface area contributed by atoms with Gasteiger partial charge in [0.05, 0.1) is 24.1 Å². The molecule has 1 amide bonds. The maximum Gasteiger partial charge on any atom is 0.325 e. The summed E-state index contributed by atoms with van der Waals surface area (Å²) in [5.41, 5.74) is 0.713. The van der Waals surface area contributed by atoms with Crippen molar-refractivity contribution in [2.24, 2.45) is 5.92 Å². The number of H-pyrrole nitrogens is 2. The predicted octanol–water partition coefficient (Wildman–Crippen LogP) is 0.782. The minimum Gasteiger partial charge on any atom is -0.393 e. The number of benzene rings is 1. The standard InChI is InChI=1S/C20H20N4O4/c25-15-6-12(7-15)18(13-5-11-3-1-2-4-16(11)21-9-13)23-17(26)8-14-10-22-20(28)24-19(14)27/h1-5,9-10,12,15,18,25H,6-8H2,(H,23,26)(H2,22,24,27,28)/t12?,15?,18-/m1/s1. The van der Waals surface area contributed by atoms with Crippen LogP contribution in [0.25, 0.3) is 10.9 Å². The van der Waals surface area contributed by atoms with Crippen molar-refractivity contribution in [3.05, 3.63) is 74.7 Å². The van der Waals surface area contributed by atoms with Gasteiger partial charge >= 0.3 is 5.69 Å². The lowest BCUT2D eigenvalue weighted by atomic mass is 9.75. The number of hydrogen-bond donors (Lipinski definition) is 4. The smallest absolute Gasteiger partial charge is 0.325 e. The summed E-state index contributed by atoms with van der Waals surface area (Å²) in [6.07, 6.45) is 3.66. The lowest BCUT2D eigenvalue weighted by Crippen LogP contribution is -2.42. The van der Waals surface area contributed by atoms with E-state index < -0.39 is 11.2 Å². The predicted molar refractivity (Wildman–Crippen MR) is 103 cm³/mol. The van der Waals surface area contributed by atoms with E-state index in [2.05, 4.69) is 20.3 Å². The summed E-state index contributed by atoms with van der Waals surface area (Å²) < 4.78 is 0. The Morgan fingerprint density at radius 2 is 2.07 bits per heavy atom. The lowest BCUT2D eigenvalue weighted by Gasteiger charge is -2.38. The molecule has 144 valence electrons. The molecule has 4 rings (SSSR count). The first kappa shape index (κ1) is 18.1. The summed E-state index contributed by atoms with van der Waals surface area (Å²) in [6.45, 7) is 0. The number of aromatic amines is 2. The number of nitrogens with one attached hydrogen (secondary N) is 3. The molecule has 8 heteroatoms. The average molecular weight is 380 g/mol. The molecule has 0 saturated heterocycles. The molecule has 1 saturated carbocycles. The number of rotatable bonds is 5. The monoisotopic (exact) mass is 380 g/mol. The van der Waals surface area contributed by atoms with Crippen molar-refractivity contribution in [3.8, 4) is 0 Å². The largest absolute Gasteiger partial charge is 0.393 e. The second kappa shape index (κ2) is 7.40. The Labute approximate surface area is 159 Å². The Morgan fingerprint density at radius 3 is 2.82 bits per heavy atom. The fourth-order valence-electron chi connectivity index (χ4n) is 3.60. The topological polar surface area (TPSA) is 128 Å². The quantitative estimate of drug-likeness (QED) is 0.520. The summed E-state index contributed by atoms with van der Waals surface area (Å²) in [7, 11) is 0. The number of nitrogens with zero attached hydrogens (tertiary/aromatic N) is 1. The number of amides is 1. The van der Waals surface area contributed by atoms with Crippen LogP contribution in [0.4, 0.5) is 0 Å². The van der Waals surface area contributed by atoms with Crippen LogP contribution in [0.2, 0.25) is 0 Å². The molecule has 0 radical (unpaired) electrons. The van der Waals surface area contributed by atoms with Crippen LogP contribution in [0, 0.1) is 5.92 Å². The van der Waals surface area contributed by atoms with Gasteiger partial charge in [0, 0.05) is 23.3 Å². The van der Waals surface area contributed by atoms with E-state index in [0.29, 0.717) is 12.8 Å². The van der Waals surface area contributed by atoms with Crippen molar-refractivity contribution in [1.82, 2.24) is 20.3 Å². The second-order valence-electron chi connectivity index (χ2n) is 7.17. The highest BCUT2D eigenvalue weighted by molar-refractivity contribution is 5.80. The zero-order valence-corrected chi connectivity index (χ0v) is 15.0. The Kier molecular flexibility index (Phi) is 4.79. The molecule has 1 aromatic carbocycles. The normalized spacial score (nSPS) is 19.8. The van der Waals surface area contributed by atoms with Gasteiger partial charge in [-0.25, -0.2) is 4.79 Å². The number of aliphatic hydroxyl groups is 1. The molecule has 2 aromatic heterocycles. The molecule has 2 heterocycles. The van der Waals surface area contributed by atoms with Crippen molar-refractivity contribution < 1.29 is 9.90 Å². The van der Waals surface area contributed by atoms with Gasteiger partial charge in [-0.3, -0.25) is 19.6 Å². The highest BCUT2D eigenvalue weighted by Crippen LogP contribution is 2.38. The second-order valence-corrected chi connectivity index (χ2v) is 7.17. The van der Waals surface area contributed by atoms with Crippen molar-refractivity contribution >= 4 is 16.8 Å². The Morgan fingerprint density at radius 1 is 1.29 bits per heavy atom. The molecule has 1 aliphatic carbocycles. The van der Waals surface area contributed by atoms with Crippen molar-refractivity contribution in [2.75, 3.05) is 0 Å². The highest BCUT2D eigenvalue weighted by Gasteiger charge is 2.36. The molecular weight excluding hydrogens is 360 g/mol. The molecule has 1 aliphatic rings. The van der Waals surface area contributed by atoms with E-state index in [1.807, 2.05) is 30.3 Å². The number of para-hydroxylation sites is 1. The SMILES string of the molecule is O=C(Cc1c[nH]c(=O)[nH]c1=O)N[C@@H](c1cnc2ccccc2c1)C1CC(O)C1. The summed E-state index contributed by atoms with van der Waals surface area (Å²) in [5, 5.41) is 13.7. The van der Waals surface area contributed by atoms with Crippen LogP contribution in [0.15, 0.2) is 52.3 Å². The molecule has 0 spiro atoms. The first-order valence-corrected chi connectivity index (χ1v) is 9.12. The average Bonchev–Trinajstić information content (AvgIpc) is 2.66. The maximum absolute atomic E-state index is 12.6. The Hall–Kier alpha value is -3.26. The maximum atomic E-state index is 12.6. The van der Waals surface area contributed by atoms with E-state index in [4.69, 9.17) is 0 Å². The minimum absolute atomic E-state index is 0.0933. The van der Waals surface area contributed by atoms with E-state index in [-0.39, 0.29) is 36.0 Å². The number of carbonyl (C=O) groups excluding carboxylic acids is 1. The fourth-order valence-corrected chi connectivity index (χ4v) is 3.60. The number of aliphatic hydroxyl groups excluding tert-OH is 1. The third-order valence-electron chi connectivity index (χ3n) is 5.16. The summed E-state index contributed by atoms with van der Waals surface area (Å²) in [5.74, 6) is -0.243. The van der Waals surface area contributed by atoms with E-state index in [1.165, 1.54) is 6.20 Å². The lowest BCUT2D eigenvalue weighted by molar-refractivity contribution is -0.122. The van der Waals surface area contributed by atoms with Crippen LogP contribution < -0.4 is 16.6 Å². The first-order chi connectivity index (χ1) is 13.5. The molecular formula is C20H20N4O4. The number of aromatic nitrogens is 3. The third-order valence-corrected chi connectivity index (χ3v) is 5.16. The summed E-state index contributed by atoms with van der Waals surface area (Å²) in [6, 6.07) is 9.40. The molecule has 0 aliphatic heterocycles. The zero-order chi connectivity index (χ0) is 19.7. The Bertz CT molecular complexity index is 1130. The van der Waals surface area contributed by atoms with Crippen molar-refractivity contribution in [2.45, 2.75) is 31.4 Å². The molecule has 1 fully saturated rings.